The summed E-state index contributed by atoms with van der Waals surface area (Å²) in [5, 5.41) is 7.11. The van der Waals surface area contributed by atoms with Gasteiger partial charge in [0.15, 0.2) is 5.13 Å². The third-order valence-corrected chi connectivity index (χ3v) is 6.78. The number of hydrogen-bond donors (Lipinski definition) is 4. The Labute approximate surface area is 187 Å². The number of fused-ring (bicyclic) bond motifs is 3. The molecular weight excluding hydrogens is 438 g/mol. The minimum absolute atomic E-state index is 0.146. The standard InChI is InChI=1S/C21H20ClN5O3S/c1-2-30-18(28)12-9-11(3-4-14(12)22)26-21(7-8-21)19(29)25-20-24-16-6-5-15-13(10-23-27-15)17(16)31-20/h3-6,9,23,26-27H,2,7-8,10H2,1H3,(H,24,25,29). The first kappa shape index (κ1) is 20.0. The molecule has 1 aromatic heterocycles. The molecule has 4 N–H and O–H groups in total. The van der Waals surface area contributed by atoms with Gasteiger partial charge in [-0.05, 0) is 50.1 Å². The number of thiazole rings is 1. The maximum absolute atomic E-state index is 13.1. The number of amides is 1. The number of nitrogens with one attached hydrogen (secondary N) is 4. The second kappa shape index (κ2) is 7.67. The van der Waals surface area contributed by atoms with Crippen LogP contribution < -0.4 is 21.5 Å². The van der Waals surface area contributed by atoms with Gasteiger partial charge in [-0.2, -0.15) is 0 Å². The molecule has 8 nitrogen and oxygen atoms in total. The van der Waals surface area contributed by atoms with Crippen LogP contribution in [0.2, 0.25) is 5.02 Å². The second-order valence-electron chi connectivity index (χ2n) is 7.51. The first-order valence-electron chi connectivity index (χ1n) is 9.97. The smallest absolute Gasteiger partial charge is 0.339 e. The minimum Gasteiger partial charge on any atom is -0.462 e. The van der Waals surface area contributed by atoms with Crippen molar-refractivity contribution in [3.05, 3.63) is 46.5 Å². The van der Waals surface area contributed by atoms with Crippen molar-refractivity contribution in [3.8, 4) is 0 Å². The van der Waals surface area contributed by atoms with Crippen LogP contribution >= 0.6 is 22.9 Å². The molecule has 3 aromatic rings. The number of benzene rings is 2. The van der Waals surface area contributed by atoms with E-state index in [1.54, 1.807) is 25.1 Å². The van der Waals surface area contributed by atoms with Crippen LogP contribution in [0.5, 0.6) is 0 Å². The molecule has 2 aliphatic rings. The molecular formula is C21H20ClN5O3S. The average molecular weight is 458 g/mol. The number of aromatic nitrogens is 1. The van der Waals surface area contributed by atoms with Crippen LogP contribution in [0.15, 0.2) is 30.3 Å². The van der Waals surface area contributed by atoms with E-state index >= 15 is 0 Å². The van der Waals surface area contributed by atoms with Crippen LogP contribution in [0.25, 0.3) is 10.2 Å². The first-order chi connectivity index (χ1) is 15.0. The molecule has 0 bridgehead atoms. The number of esters is 1. The highest BCUT2D eigenvalue weighted by Crippen LogP contribution is 2.42. The molecule has 0 spiro atoms. The number of carbonyl (C=O) groups is 2. The largest absolute Gasteiger partial charge is 0.462 e. The van der Waals surface area contributed by atoms with Gasteiger partial charge in [-0.1, -0.05) is 22.9 Å². The number of halogens is 1. The fourth-order valence-electron chi connectivity index (χ4n) is 3.62. The Morgan fingerprint density at radius 1 is 1.29 bits per heavy atom. The molecule has 0 atom stereocenters. The summed E-state index contributed by atoms with van der Waals surface area (Å²) in [5.41, 5.74) is 9.45. The third-order valence-electron chi connectivity index (χ3n) is 5.40. The molecule has 1 fully saturated rings. The molecule has 160 valence electrons. The number of hydrazine groups is 1. The first-order valence-corrected chi connectivity index (χ1v) is 11.2. The normalized spacial score (nSPS) is 15.8. The van der Waals surface area contributed by atoms with Gasteiger partial charge in [0, 0.05) is 17.8 Å². The summed E-state index contributed by atoms with van der Waals surface area (Å²) >= 11 is 7.60. The molecule has 31 heavy (non-hydrogen) atoms. The Bertz CT molecular complexity index is 1210. The third kappa shape index (κ3) is 3.69. The van der Waals surface area contributed by atoms with Gasteiger partial charge in [0.05, 0.1) is 33.1 Å². The van der Waals surface area contributed by atoms with E-state index in [2.05, 4.69) is 26.5 Å². The monoisotopic (exact) mass is 457 g/mol. The minimum atomic E-state index is -0.733. The lowest BCUT2D eigenvalue weighted by atomic mass is 10.1. The molecule has 2 heterocycles. The van der Waals surface area contributed by atoms with Gasteiger partial charge >= 0.3 is 5.97 Å². The Morgan fingerprint density at radius 3 is 2.90 bits per heavy atom. The predicted molar refractivity (Wildman–Crippen MR) is 122 cm³/mol. The number of rotatable bonds is 6. The molecule has 2 aromatic carbocycles. The maximum atomic E-state index is 13.1. The Kier molecular flexibility index (Phi) is 4.96. The highest BCUT2D eigenvalue weighted by Gasteiger charge is 2.50. The maximum Gasteiger partial charge on any atom is 0.339 e. The highest BCUT2D eigenvalue weighted by molar-refractivity contribution is 7.22. The van der Waals surface area contributed by atoms with Gasteiger partial charge in [0.1, 0.15) is 5.54 Å². The lowest BCUT2D eigenvalue weighted by Crippen LogP contribution is -2.37. The molecule has 1 amide bonds. The van der Waals surface area contributed by atoms with E-state index in [4.69, 9.17) is 16.3 Å². The molecule has 0 radical (unpaired) electrons. The van der Waals surface area contributed by atoms with Crippen LogP contribution in [0.3, 0.4) is 0 Å². The van der Waals surface area contributed by atoms with Crippen molar-refractivity contribution in [1.29, 1.82) is 0 Å². The van der Waals surface area contributed by atoms with Crippen molar-refractivity contribution < 1.29 is 14.3 Å². The molecule has 0 unspecified atom stereocenters. The summed E-state index contributed by atoms with van der Waals surface area (Å²) in [6, 6.07) is 8.92. The van der Waals surface area contributed by atoms with Crippen LogP contribution in [0, 0.1) is 0 Å². The summed E-state index contributed by atoms with van der Waals surface area (Å²) in [7, 11) is 0. The van der Waals surface area contributed by atoms with Crippen molar-refractivity contribution in [2.75, 3.05) is 22.7 Å². The van der Waals surface area contributed by atoms with E-state index in [-0.39, 0.29) is 18.1 Å². The van der Waals surface area contributed by atoms with Gasteiger partial charge in [-0.15, -0.1) is 0 Å². The molecule has 1 saturated carbocycles. The zero-order chi connectivity index (χ0) is 21.6. The number of ether oxygens (including phenoxy) is 1. The number of anilines is 3. The summed E-state index contributed by atoms with van der Waals surface area (Å²) in [6.07, 6.45) is 1.37. The summed E-state index contributed by atoms with van der Waals surface area (Å²) in [5.74, 6) is -0.636. The summed E-state index contributed by atoms with van der Waals surface area (Å²) in [4.78, 5) is 29.7. The van der Waals surface area contributed by atoms with E-state index in [1.165, 1.54) is 11.3 Å². The van der Waals surface area contributed by atoms with Crippen LogP contribution in [0.1, 0.15) is 35.7 Å². The van der Waals surface area contributed by atoms with Crippen LogP contribution in [-0.4, -0.2) is 29.0 Å². The van der Waals surface area contributed by atoms with E-state index < -0.39 is 11.5 Å². The predicted octanol–water partition coefficient (Wildman–Crippen LogP) is 4.14. The summed E-state index contributed by atoms with van der Waals surface area (Å²) in [6.45, 7) is 2.71. The fraction of sp³-hybridized carbons (Fsp3) is 0.286. The van der Waals surface area contributed by atoms with Crippen molar-refractivity contribution >= 4 is 61.5 Å². The van der Waals surface area contributed by atoms with E-state index in [0.29, 0.717) is 35.2 Å². The second-order valence-corrected chi connectivity index (χ2v) is 8.92. The van der Waals surface area contributed by atoms with Crippen LogP contribution in [-0.2, 0) is 16.1 Å². The van der Waals surface area contributed by atoms with Gasteiger partial charge in [-0.25, -0.2) is 15.2 Å². The molecule has 5 rings (SSSR count). The quantitative estimate of drug-likeness (QED) is 0.412. The van der Waals surface area contributed by atoms with Crippen LogP contribution in [0.4, 0.5) is 16.5 Å². The Balaban J connectivity index is 1.34. The lowest BCUT2D eigenvalue weighted by Gasteiger charge is -2.18. The Hall–Kier alpha value is -2.88. The van der Waals surface area contributed by atoms with Gasteiger partial charge in [0.2, 0.25) is 0 Å². The Morgan fingerprint density at radius 2 is 2.13 bits per heavy atom. The topological polar surface area (TPSA) is 104 Å². The van der Waals surface area contributed by atoms with Crippen molar-refractivity contribution in [3.63, 3.8) is 0 Å². The molecule has 1 aliphatic heterocycles. The van der Waals surface area contributed by atoms with Crippen molar-refractivity contribution in [2.24, 2.45) is 0 Å². The molecule has 10 heteroatoms. The van der Waals surface area contributed by atoms with E-state index in [0.717, 1.165) is 21.5 Å². The van der Waals surface area contributed by atoms with Gasteiger partial charge in [0.25, 0.3) is 5.91 Å². The van der Waals surface area contributed by atoms with Crippen molar-refractivity contribution in [1.82, 2.24) is 10.4 Å². The SMILES string of the molecule is CCOC(=O)c1cc(NC2(C(=O)Nc3nc4ccc5c(c4s3)CNN5)CC2)ccc1Cl. The van der Waals surface area contributed by atoms with Gasteiger partial charge in [-0.3, -0.25) is 10.1 Å². The lowest BCUT2D eigenvalue weighted by molar-refractivity contribution is -0.117. The highest BCUT2D eigenvalue weighted by atomic mass is 35.5. The number of nitrogens with zero attached hydrogens (tertiary/aromatic N) is 1. The number of hydrogen-bond acceptors (Lipinski definition) is 8. The fourth-order valence-corrected chi connectivity index (χ4v) is 4.81. The van der Waals surface area contributed by atoms with Gasteiger partial charge < -0.3 is 15.5 Å². The van der Waals surface area contributed by atoms with Crippen molar-refractivity contribution in [2.45, 2.75) is 31.8 Å². The molecule has 0 saturated heterocycles. The average Bonchev–Trinajstić information content (AvgIpc) is 3.18. The van der Waals surface area contributed by atoms with E-state index in [1.807, 2.05) is 12.1 Å². The zero-order valence-corrected chi connectivity index (χ0v) is 18.2. The summed E-state index contributed by atoms with van der Waals surface area (Å²) < 4.78 is 6.11. The molecule has 1 aliphatic carbocycles. The van der Waals surface area contributed by atoms with E-state index in [9.17, 15) is 9.59 Å². The zero-order valence-electron chi connectivity index (χ0n) is 16.7. The number of carbonyl (C=O) groups excluding carboxylic acids is 2.